The lowest BCUT2D eigenvalue weighted by Gasteiger charge is -2.38. The Morgan fingerprint density at radius 3 is 2.44 bits per heavy atom. The average molecular weight is 260 g/mol. The molecule has 3 N–H and O–H groups in total. The second-order valence-corrected chi connectivity index (χ2v) is 4.39. The summed E-state index contributed by atoms with van der Waals surface area (Å²) in [4.78, 5) is 22.6. The zero-order valence-corrected chi connectivity index (χ0v) is 10.7. The second kappa shape index (κ2) is 6.55. The first-order valence-electron chi connectivity index (χ1n) is 5.85. The van der Waals surface area contributed by atoms with Crippen LogP contribution in [-0.4, -0.2) is 56.1 Å². The molecule has 1 saturated carbocycles. The molecule has 0 aromatic carbocycles. The molecule has 0 bridgehead atoms. The number of carboxylic acids is 1. The maximum Gasteiger partial charge on any atom is 0.329 e. The van der Waals surface area contributed by atoms with Gasteiger partial charge in [-0.25, -0.2) is 9.59 Å². The molecule has 2 amide bonds. The summed E-state index contributed by atoms with van der Waals surface area (Å²) in [5.41, 5.74) is -1.09. The average Bonchev–Trinajstić information content (AvgIpc) is 2.28. The summed E-state index contributed by atoms with van der Waals surface area (Å²) in [7, 11) is 3.06. The van der Waals surface area contributed by atoms with Gasteiger partial charge < -0.3 is 25.2 Å². The Morgan fingerprint density at radius 2 is 2.06 bits per heavy atom. The molecule has 1 fully saturated rings. The number of ether oxygens (including phenoxy) is 2. The Balaban J connectivity index is 2.35. The fraction of sp³-hybridized carbons (Fsp3) is 0.818. The smallest absolute Gasteiger partial charge is 0.329 e. The van der Waals surface area contributed by atoms with E-state index in [1.165, 1.54) is 7.11 Å². The van der Waals surface area contributed by atoms with E-state index in [0.717, 1.165) is 6.42 Å². The lowest BCUT2D eigenvalue weighted by atomic mass is 9.77. The third-order valence-electron chi connectivity index (χ3n) is 3.15. The first kappa shape index (κ1) is 14.7. The number of urea groups is 1. The molecule has 0 heterocycles. The van der Waals surface area contributed by atoms with Crippen LogP contribution in [0.2, 0.25) is 0 Å². The van der Waals surface area contributed by atoms with E-state index in [1.807, 2.05) is 0 Å². The minimum atomic E-state index is -1.09. The van der Waals surface area contributed by atoms with Crippen LogP contribution in [0.5, 0.6) is 0 Å². The molecule has 7 heteroatoms. The SMILES string of the molecule is COCC(CNC(=O)NC1(C(=O)O)CCC1)OC. The summed E-state index contributed by atoms with van der Waals surface area (Å²) >= 11 is 0. The van der Waals surface area contributed by atoms with Gasteiger partial charge in [-0.15, -0.1) is 0 Å². The number of carboxylic acid groups (broad SMARTS) is 1. The highest BCUT2D eigenvalue weighted by atomic mass is 16.5. The van der Waals surface area contributed by atoms with Gasteiger partial charge in [0, 0.05) is 20.8 Å². The van der Waals surface area contributed by atoms with Crippen molar-refractivity contribution >= 4 is 12.0 Å². The molecular formula is C11H20N2O5. The third-order valence-corrected chi connectivity index (χ3v) is 3.15. The predicted molar refractivity (Wildman–Crippen MR) is 63.4 cm³/mol. The van der Waals surface area contributed by atoms with E-state index in [0.29, 0.717) is 19.4 Å². The number of carbonyl (C=O) groups is 2. The van der Waals surface area contributed by atoms with Crippen molar-refractivity contribution in [3.63, 3.8) is 0 Å². The minimum Gasteiger partial charge on any atom is -0.480 e. The largest absolute Gasteiger partial charge is 0.480 e. The van der Waals surface area contributed by atoms with Gasteiger partial charge in [-0.1, -0.05) is 0 Å². The Bertz CT molecular complexity index is 304. The van der Waals surface area contributed by atoms with Gasteiger partial charge in [-0.2, -0.15) is 0 Å². The minimum absolute atomic E-state index is 0.247. The zero-order chi connectivity index (χ0) is 13.6. The molecule has 0 radical (unpaired) electrons. The molecule has 104 valence electrons. The molecule has 18 heavy (non-hydrogen) atoms. The highest BCUT2D eigenvalue weighted by Gasteiger charge is 2.45. The van der Waals surface area contributed by atoms with Crippen LogP contribution in [0.25, 0.3) is 0 Å². The van der Waals surface area contributed by atoms with E-state index in [1.54, 1.807) is 7.11 Å². The van der Waals surface area contributed by atoms with Crippen molar-refractivity contribution in [2.24, 2.45) is 0 Å². The predicted octanol–water partition coefficient (Wildman–Crippen LogP) is -0.0457. The fourth-order valence-electron chi connectivity index (χ4n) is 1.79. The van der Waals surface area contributed by atoms with Gasteiger partial charge in [0.25, 0.3) is 0 Å². The normalized spacial score (nSPS) is 18.6. The second-order valence-electron chi connectivity index (χ2n) is 4.39. The molecule has 1 atom stereocenters. The molecule has 1 rings (SSSR count). The van der Waals surface area contributed by atoms with Crippen molar-refractivity contribution in [1.82, 2.24) is 10.6 Å². The van der Waals surface area contributed by atoms with E-state index < -0.39 is 17.5 Å². The van der Waals surface area contributed by atoms with Crippen molar-refractivity contribution in [3.05, 3.63) is 0 Å². The van der Waals surface area contributed by atoms with Crippen LogP contribution in [0.1, 0.15) is 19.3 Å². The van der Waals surface area contributed by atoms with E-state index >= 15 is 0 Å². The lowest BCUT2D eigenvalue weighted by molar-refractivity contribution is -0.148. The number of aliphatic carboxylic acids is 1. The molecule has 0 aromatic heterocycles. The van der Waals surface area contributed by atoms with Gasteiger partial charge in [0.15, 0.2) is 0 Å². The summed E-state index contributed by atoms with van der Waals surface area (Å²) in [5.74, 6) is -0.982. The lowest BCUT2D eigenvalue weighted by Crippen LogP contribution is -2.61. The summed E-state index contributed by atoms with van der Waals surface area (Å²) in [6, 6.07) is -0.491. The number of carbonyl (C=O) groups excluding carboxylic acids is 1. The highest BCUT2D eigenvalue weighted by Crippen LogP contribution is 2.31. The van der Waals surface area contributed by atoms with Crippen molar-refractivity contribution in [2.75, 3.05) is 27.4 Å². The summed E-state index contributed by atoms with van der Waals surface area (Å²) in [6.45, 7) is 0.632. The molecule has 0 saturated heterocycles. The monoisotopic (exact) mass is 260 g/mol. The zero-order valence-electron chi connectivity index (χ0n) is 10.7. The first-order valence-corrected chi connectivity index (χ1v) is 5.85. The Labute approximate surface area is 106 Å². The number of rotatable bonds is 7. The summed E-state index contributed by atoms with van der Waals surface area (Å²) in [6.07, 6.45) is 1.52. The summed E-state index contributed by atoms with van der Waals surface area (Å²) in [5, 5.41) is 14.1. The van der Waals surface area contributed by atoms with Gasteiger partial charge in [-0.05, 0) is 19.3 Å². The number of hydrogen-bond donors (Lipinski definition) is 3. The van der Waals surface area contributed by atoms with E-state index in [-0.39, 0.29) is 12.6 Å². The van der Waals surface area contributed by atoms with Crippen molar-refractivity contribution in [3.8, 4) is 0 Å². The van der Waals surface area contributed by atoms with Crippen LogP contribution in [0.3, 0.4) is 0 Å². The van der Waals surface area contributed by atoms with Crippen LogP contribution < -0.4 is 10.6 Å². The maximum absolute atomic E-state index is 11.6. The van der Waals surface area contributed by atoms with Crippen LogP contribution in [-0.2, 0) is 14.3 Å². The highest BCUT2D eigenvalue weighted by molar-refractivity contribution is 5.87. The Kier molecular flexibility index (Phi) is 5.36. The summed E-state index contributed by atoms with van der Waals surface area (Å²) < 4.78 is 9.98. The van der Waals surface area contributed by atoms with Gasteiger partial charge >= 0.3 is 12.0 Å². The van der Waals surface area contributed by atoms with E-state index in [9.17, 15) is 9.59 Å². The number of methoxy groups -OCH3 is 2. The standard InChI is InChI=1S/C11H20N2O5/c1-17-7-8(18-2)6-12-10(16)13-11(9(14)15)4-3-5-11/h8H,3-7H2,1-2H3,(H,14,15)(H2,12,13,16). The Morgan fingerprint density at radius 1 is 1.39 bits per heavy atom. The molecule has 0 aliphatic heterocycles. The number of nitrogens with one attached hydrogen (secondary N) is 2. The van der Waals surface area contributed by atoms with Crippen LogP contribution >= 0.6 is 0 Å². The molecule has 1 aliphatic carbocycles. The van der Waals surface area contributed by atoms with Crippen molar-refractivity contribution in [2.45, 2.75) is 30.9 Å². The molecule has 0 spiro atoms. The van der Waals surface area contributed by atoms with E-state index in [4.69, 9.17) is 14.6 Å². The van der Waals surface area contributed by atoms with Crippen LogP contribution in [0.4, 0.5) is 4.79 Å². The fourth-order valence-corrected chi connectivity index (χ4v) is 1.79. The van der Waals surface area contributed by atoms with Crippen molar-refractivity contribution in [1.29, 1.82) is 0 Å². The molecular weight excluding hydrogens is 240 g/mol. The van der Waals surface area contributed by atoms with E-state index in [2.05, 4.69) is 10.6 Å². The third kappa shape index (κ3) is 3.58. The van der Waals surface area contributed by atoms with Crippen LogP contribution in [0.15, 0.2) is 0 Å². The van der Waals surface area contributed by atoms with Crippen LogP contribution in [0, 0.1) is 0 Å². The molecule has 1 unspecified atom stereocenters. The maximum atomic E-state index is 11.6. The van der Waals surface area contributed by atoms with Gasteiger partial charge in [0.1, 0.15) is 5.54 Å². The van der Waals surface area contributed by atoms with Gasteiger partial charge in [0.2, 0.25) is 0 Å². The van der Waals surface area contributed by atoms with Gasteiger partial charge in [0.05, 0.1) is 12.7 Å². The molecule has 1 aliphatic rings. The first-order chi connectivity index (χ1) is 8.54. The number of amides is 2. The van der Waals surface area contributed by atoms with Gasteiger partial charge in [-0.3, -0.25) is 0 Å². The quantitative estimate of drug-likeness (QED) is 0.596. The Hall–Kier alpha value is -1.34. The molecule has 0 aromatic rings. The topological polar surface area (TPSA) is 96.9 Å². The van der Waals surface area contributed by atoms with Crippen molar-refractivity contribution < 1.29 is 24.2 Å². The molecule has 7 nitrogen and oxygen atoms in total. The number of hydrogen-bond acceptors (Lipinski definition) is 4.